The van der Waals surface area contributed by atoms with Gasteiger partial charge in [0.15, 0.2) is 0 Å². The number of rotatable bonds is 2. The number of aromatic nitrogens is 2. The van der Waals surface area contributed by atoms with Crippen molar-refractivity contribution in [1.82, 2.24) is 9.38 Å². The number of aliphatic imine (C=N–C) groups is 1. The minimum absolute atomic E-state index is 0.854. The summed E-state index contributed by atoms with van der Waals surface area (Å²) in [7, 11) is 0. The molecule has 0 bridgehead atoms. The van der Waals surface area contributed by atoms with E-state index in [2.05, 4.69) is 145 Å². The molecule has 0 saturated carbocycles. The van der Waals surface area contributed by atoms with Gasteiger partial charge in [-0.1, -0.05) is 97.9 Å². The predicted molar refractivity (Wildman–Crippen MR) is 184 cm³/mol. The summed E-state index contributed by atoms with van der Waals surface area (Å²) in [5, 5.41) is 3.61. The highest BCUT2D eigenvalue weighted by Gasteiger charge is 2.19. The Bertz CT molecular complexity index is 2460. The molecule has 3 heterocycles. The van der Waals surface area contributed by atoms with Crippen LogP contribution in [0.15, 0.2) is 138 Å². The summed E-state index contributed by atoms with van der Waals surface area (Å²) in [6.45, 7) is 2.21. The summed E-state index contributed by atoms with van der Waals surface area (Å²) in [4.78, 5) is 10.3. The average Bonchev–Trinajstić information content (AvgIpc) is 3.49. The zero-order valence-electron chi connectivity index (χ0n) is 24.5. The third kappa shape index (κ3) is 3.76. The summed E-state index contributed by atoms with van der Waals surface area (Å²) < 4.78 is 2.31. The van der Waals surface area contributed by atoms with E-state index in [1.807, 2.05) is 0 Å². The van der Waals surface area contributed by atoms with Crippen LogP contribution in [0.5, 0.6) is 0 Å². The first-order valence-corrected chi connectivity index (χ1v) is 15.4. The van der Waals surface area contributed by atoms with E-state index in [4.69, 9.17) is 9.98 Å². The highest BCUT2D eigenvalue weighted by atomic mass is 15.0. The first-order valence-electron chi connectivity index (χ1n) is 15.4. The molecule has 9 rings (SSSR count). The lowest BCUT2D eigenvalue weighted by Crippen LogP contribution is -2.02. The van der Waals surface area contributed by atoms with Crippen LogP contribution in [0.2, 0.25) is 0 Å². The van der Waals surface area contributed by atoms with Gasteiger partial charge in [0.05, 0.1) is 22.2 Å². The first kappa shape index (κ1) is 25.0. The van der Waals surface area contributed by atoms with Crippen molar-refractivity contribution in [3.63, 3.8) is 0 Å². The molecule has 0 fully saturated rings. The molecule has 0 unspecified atom stereocenters. The molecule has 2 aromatic heterocycles. The maximum atomic E-state index is 5.23. The molecule has 0 N–H and O–H groups in total. The van der Waals surface area contributed by atoms with Gasteiger partial charge in [-0.05, 0) is 87.7 Å². The summed E-state index contributed by atoms with van der Waals surface area (Å²) >= 11 is 0. The van der Waals surface area contributed by atoms with Crippen molar-refractivity contribution >= 4 is 49.8 Å². The number of imidazole rings is 1. The number of benzene rings is 6. The molecule has 0 amide bonds. The Kier molecular flexibility index (Phi) is 5.54. The van der Waals surface area contributed by atoms with Crippen LogP contribution in [-0.2, 0) is 6.42 Å². The molecule has 0 radical (unpaired) electrons. The minimum atomic E-state index is 0.854. The fraction of sp³-hybridized carbons (Fsp3) is 0.0732. The molecule has 3 nitrogen and oxygen atoms in total. The van der Waals surface area contributed by atoms with Crippen LogP contribution in [0.3, 0.4) is 0 Å². The molecule has 0 atom stereocenters. The largest absolute Gasteiger partial charge is 0.292 e. The Balaban J connectivity index is 1.29. The Morgan fingerprint density at radius 2 is 1.30 bits per heavy atom. The molecule has 0 saturated heterocycles. The van der Waals surface area contributed by atoms with Gasteiger partial charge in [-0.3, -0.25) is 9.39 Å². The molecule has 0 aliphatic carbocycles. The Morgan fingerprint density at radius 3 is 2.20 bits per heavy atom. The second kappa shape index (κ2) is 9.75. The smallest absolute Gasteiger partial charge is 0.146 e. The van der Waals surface area contributed by atoms with Gasteiger partial charge in [-0.2, -0.15) is 0 Å². The summed E-state index contributed by atoms with van der Waals surface area (Å²) in [5.41, 5.74) is 15.2. The number of fused-ring (bicyclic) bond motifs is 12. The zero-order valence-corrected chi connectivity index (χ0v) is 24.5. The lowest BCUT2D eigenvalue weighted by atomic mass is 9.88. The second-order valence-corrected chi connectivity index (χ2v) is 11.7. The van der Waals surface area contributed by atoms with Gasteiger partial charge >= 0.3 is 0 Å². The van der Waals surface area contributed by atoms with Crippen LogP contribution in [-0.4, -0.2) is 15.1 Å². The second-order valence-electron chi connectivity index (χ2n) is 11.7. The number of para-hydroxylation sites is 4. The fourth-order valence-electron chi connectivity index (χ4n) is 7.07. The average molecular weight is 564 g/mol. The predicted octanol–water partition coefficient (Wildman–Crippen LogP) is 10.6. The zero-order chi connectivity index (χ0) is 29.2. The fourth-order valence-corrected chi connectivity index (χ4v) is 7.07. The molecule has 6 aromatic carbocycles. The van der Waals surface area contributed by atoms with Crippen molar-refractivity contribution in [2.75, 3.05) is 0 Å². The topological polar surface area (TPSA) is 29.7 Å². The van der Waals surface area contributed by atoms with E-state index < -0.39 is 0 Å². The van der Waals surface area contributed by atoms with E-state index in [0.29, 0.717) is 0 Å². The Labute approximate surface area is 255 Å². The third-order valence-corrected chi connectivity index (χ3v) is 9.19. The van der Waals surface area contributed by atoms with Crippen molar-refractivity contribution in [3.8, 4) is 22.3 Å². The molecular formula is C41H29N3. The molecule has 44 heavy (non-hydrogen) atoms. The normalized spacial score (nSPS) is 12.8. The number of hydrogen-bond acceptors (Lipinski definition) is 2. The van der Waals surface area contributed by atoms with Gasteiger partial charge in [0.25, 0.3) is 0 Å². The lowest BCUT2D eigenvalue weighted by Gasteiger charge is -2.16. The minimum Gasteiger partial charge on any atom is -0.292 e. The van der Waals surface area contributed by atoms with E-state index in [1.165, 1.54) is 55.2 Å². The van der Waals surface area contributed by atoms with Gasteiger partial charge in [0, 0.05) is 28.5 Å². The van der Waals surface area contributed by atoms with E-state index in [9.17, 15) is 0 Å². The SMILES string of the molecule is CCC1=Nc2ccccc2Cc2ccccc2-c2cc(-c3ccc4c(c3)c3ccccc3n3c5ccccc5nc43)ccc21. The summed E-state index contributed by atoms with van der Waals surface area (Å²) in [5.74, 6) is 0. The molecule has 208 valence electrons. The lowest BCUT2D eigenvalue weighted by molar-refractivity contribution is 1.18. The maximum absolute atomic E-state index is 5.23. The molecule has 1 aliphatic heterocycles. The Morgan fingerprint density at radius 1 is 0.568 bits per heavy atom. The Hall–Kier alpha value is -5.54. The van der Waals surface area contributed by atoms with E-state index in [1.54, 1.807) is 0 Å². The van der Waals surface area contributed by atoms with Gasteiger partial charge in [-0.25, -0.2) is 4.98 Å². The highest BCUT2D eigenvalue weighted by Crippen LogP contribution is 2.39. The van der Waals surface area contributed by atoms with Crippen LogP contribution in [0.4, 0.5) is 5.69 Å². The van der Waals surface area contributed by atoms with Crippen molar-refractivity contribution in [3.05, 3.63) is 150 Å². The van der Waals surface area contributed by atoms with Gasteiger partial charge in [-0.15, -0.1) is 0 Å². The number of pyridine rings is 1. The van der Waals surface area contributed by atoms with Gasteiger partial charge in [0.1, 0.15) is 5.65 Å². The quantitative estimate of drug-likeness (QED) is 0.192. The molecule has 3 heteroatoms. The molecule has 8 aromatic rings. The van der Waals surface area contributed by atoms with E-state index in [0.717, 1.165) is 46.3 Å². The third-order valence-electron chi connectivity index (χ3n) is 9.19. The van der Waals surface area contributed by atoms with Crippen molar-refractivity contribution in [2.24, 2.45) is 4.99 Å². The standard InChI is InChI=1S/C41H29N3/c1-2-36-31-21-19-26(24-34(31)30-13-5-3-11-28(30)23-29-12-4-7-15-37(29)42-36)27-20-22-33-35(25-27)32-14-6-9-17-39(32)44-40-18-10-8-16-38(40)43-41(33)44/h3-22,24-25H,2,23H2,1H3. The molecule has 1 aliphatic rings. The number of hydrogen-bond donors (Lipinski definition) is 0. The first-order chi connectivity index (χ1) is 21.8. The van der Waals surface area contributed by atoms with E-state index >= 15 is 0 Å². The summed E-state index contributed by atoms with van der Waals surface area (Å²) in [6.07, 6.45) is 1.71. The van der Waals surface area contributed by atoms with Crippen molar-refractivity contribution < 1.29 is 0 Å². The van der Waals surface area contributed by atoms with Gasteiger partial charge in [0.2, 0.25) is 0 Å². The highest BCUT2D eigenvalue weighted by molar-refractivity contribution is 6.15. The number of nitrogens with zero attached hydrogens (tertiary/aromatic N) is 3. The van der Waals surface area contributed by atoms with Crippen LogP contribution >= 0.6 is 0 Å². The van der Waals surface area contributed by atoms with Gasteiger partial charge < -0.3 is 0 Å². The molecule has 0 spiro atoms. The summed E-state index contributed by atoms with van der Waals surface area (Å²) in [6, 6.07) is 48.3. The van der Waals surface area contributed by atoms with Crippen LogP contribution < -0.4 is 0 Å². The molecular weight excluding hydrogens is 534 g/mol. The van der Waals surface area contributed by atoms with Crippen LogP contribution in [0, 0.1) is 0 Å². The van der Waals surface area contributed by atoms with E-state index in [-0.39, 0.29) is 0 Å². The van der Waals surface area contributed by atoms with Crippen molar-refractivity contribution in [2.45, 2.75) is 19.8 Å². The van der Waals surface area contributed by atoms with Crippen LogP contribution in [0.1, 0.15) is 30.0 Å². The monoisotopic (exact) mass is 563 g/mol. The van der Waals surface area contributed by atoms with Crippen LogP contribution in [0.25, 0.3) is 60.6 Å². The van der Waals surface area contributed by atoms with Crippen molar-refractivity contribution in [1.29, 1.82) is 0 Å². The maximum Gasteiger partial charge on any atom is 0.146 e.